The number of benzene rings is 1. The third-order valence-corrected chi connectivity index (χ3v) is 3.03. The van der Waals surface area contributed by atoms with E-state index in [0.717, 1.165) is 23.2 Å². The molecule has 16 heavy (non-hydrogen) atoms. The van der Waals surface area contributed by atoms with Crippen LogP contribution in [0.1, 0.15) is 37.5 Å². The van der Waals surface area contributed by atoms with Crippen LogP contribution in [0.2, 0.25) is 0 Å². The zero-order valence-electron chi connectivity index (χ0n) is 9.92. The van der Waals surface area contributed by atoms with E-state index >= 15 is 0 Å². The number of rotatable bonds is 4. The van der Waals surface area contributed by atoms with E-state index in [0.29, 0.717) is 0 Å². The fourth-order valence-corrected chi connectivity index (χ4v) is 2.04. The lowest BCUT2D eigenvalue weighted by molar-refractivity contribution is 0.473. The highest BCUT2D eigenvalue weighted by atomic mass is 16.3. The van der Waals surface area contributed by atoms with Crippen LogP contribution in [0.4, 0.5) is 0 Å². The SMILES string of the molecule is CCCCCc1oc2cc(O)ccc2c1C. The van der Waals surface area contributed by atoms with Crippen LogP contribution in [0.15, 0.2) is 22.6 Å². The fraction of sp³-hybridized carbons (Fsp3) is 0.429. The van der Waals surface area contributed by atoms with Gasteiger partial charge < -0.3 is 9.52 Å². The molecule has 2 nitrogen and oxygen atoms in total. The van der Waals surface area contributed by atoms with Gasteiger partial charge in [0.2, 0.25) is 0 Å². The predicted molar refractivity (Wildman–Crippen MR) is 65.8 cm³/mol. The van der Waals surface area contributed by atoms with Crippen molar-refractivity contribution in [2.45, 2.75) is 39.5 Å². The Morgan fingerprint density at radius 1 is 1.25 bits per heavy atom. The molecule has 2 aromatic rings. The summed E-state index contributed by atoms with van der Waals surface area (Å²) in [6.07, 6.45) is 4.63. The lowest BCUT2D eigenvalue weighted by atomic mass is 10.1. The molecule has 0 unspecified atom stereocenters. The Hall–Kier alpha value is -1.44. The van der Waals surface area contributed by atoms with Crippen LogP contribution in [0, 0.1) is 6.92 Å². The molecule has 1 N–H and O–H groups in total. The number of hydrogen-bond donors (Lipinski definition) is 1. The minimum atomic E-state index is 0.265. The van der Waals surface area contributed by atoms with Gasteiger partial charge >= 0.3 is 0 Å². The van der Waals surface area contributed by atoms with Gasteiger partial charge in [-0.25, -0.2) is 0 Å². The average Bonchev–Trinajstić information content (AvgIpc) is 2.56. The van der Waals surface area contributed by atoms with Crippen LogP contribution >= 0.6 is 0 Å². The van der Waals surface area contributed by atoms with E-state index in [4.69, 9.17) is 4.42 Å². The first-order chi connectivity index (χ1) is 7.72. The molecule has 0 saturated heterocycles. The molecule has 0 amide bonds. The van der Waals surface area contributed by atoms with Crippen molar-refractivity contribution in [3.8, 4) is 5.75 Å². The van der Waals surface area contributed by atoms with Gasteiger partial charge in [-0.15, -0.1) is 0 Å². The predicted octanol–water partition coefficient (Wildman–Crippen LogP) is 4.18. The Morgan fingerprint density at radius 2 is 2.06 bits per heavy atom. The molecule has 1 aromatic carbocycles. The largest absolute Gasteiger partial charge is 0.508 e. The van der Waals surface area contributed by atoms with E-state index in [9.17, 15) is 5.11 Å². The van der Waals surface area contributed by atoms with Crippen LogP contribution < -0.4 is 0 Å². The molecular formula is C14H18O2. The second-order valence-electron chi connectivity index (χ2n) is 4.29. The number of aryl methyl sites for hydroxylation is 2. The summed E-state index contributed by atoms with van der Waals surface area (Å²) in [4.78, 5) is 0. The zero-order chi connectivity index (χ0) is 11.5. The van der Waals surface area contributed by atoms with Gasteiger partial charge in [-0.2, -0.15) is 0 Å². The van der Waals surface area contributed by atoms with Gasteiger partial charge in [0.15, 0.2) is 0 Å². The summed E-state index contributed by atoms with van der Waals surface area (Å²) in [5.74, 6) is 1.33. The molecule has 0 aliphatic heterocycles. The first kappa shape index (κ1) is 11.1. The Kier molecular flexibility index (Phi) is 3.18. The highest BCUT2D eigenvalue weighted by Gasteiger charge is 2.10. The summed E-state index contributed by atoms with van der Waals surface area (Å²) in [6.45, 7) is 4.29. The van der Waals surface area contributed by atoms with Gasteiger partial charge in [0.05, 0.1) is 0 Å². The Balaban J connectivity index is 2.29. The molecule has 2 heteroatoms. The summed E-state index contributed by atoms with van der Waals surface area (Å²) in [7, 11) is 0. The number of unbranched alkanes of at least 4 members (excludes halogenated alkanes) is 2. The van der Waals surface area contributed by atoms with E-state index in [1.54, 1.807) is 12.1 Å². The molecule has 1 heterocycles. The highest BCUT2D eigenvalue weighted by molar-refractivity contribution is 5.83. The van der Waals surface area contributed by atoms with Gasteiger partial charge in [0.25, 0.3) is 0 Å². The number of hydrogen-bond acceptors (Lipinski definition) is 2. The molecule has 0 spiro atoms. The summed E-state index contributed by atoms with van der Waals surface area (Å²) < 4.78 is 5.77. The Morgan fingerprint density at radius 3 is 2.81 bits per heavy atom. The number of fused-ring (bicyclic) bond motifs is 1. The molecular weight excluding hydrogens is 200 g/mol. The summed E-state index contributed by atoms with van der Waals surface area (Å²) in [5, 5.41) is 10.5. The van der Waals surface area contributed by atoms with E-state index in [1.807, 2.05) is 6.07 Å². The Bertz CT molecular complexity index is 483. The van der Waals surface area contributed by atoms with E-state index in [2.05, 4.69) is 13.8 Å². The molecule has 86 valence electrons. The quantitative estimate of drug-likeness (QED) is 0.781. The van der Waals surface area contributed by atoms with Crippen LogP contribution in [-0.2, 0) is 6.42 Å². The van der Waals surface area contributed by atoms with E-state index in [-0.39, 0.29) is 5.75 Å². The first-order valence-corrected chi connectivity index (χ1v) is 5.93. The van der Waals surface area contributed by atoms with E-state index < -0.39 is 0 Å². The van der Waals surface area contributed by atoms with E-state index in [1.165, 1.54) is 24.8 Å². The van der Waals surface area contributed by atoms with Crippen molar-refractivity contribution in [2.75, 3.05) is 0 Å². The van der Waals surface area contributed by atoms with Gasteiger partial charge in [-0.3, -0.25) is 0 Å². The minimum absolute atomic E-state index is 0.265. The van der Waals surface area contributed by atoms with Crippen LogP contribution in [-0.4, -0.2) is 5.11 Å². The van der Waals surface area contributed by atoms with Crippen molar-refractivity contribution in [3.63, 3.8) is 0 Å². The summed E-state index contributed by atoms with van der Waals surface area (Å²) in [6, 6.07) is 5.32. The van der Waals surface area contributed by atoms with Gasteiger partial charge in [-0.05, 0) is 31.0 Å². The molecule has 1 aromatic heterocycles. The van der Waals surface area contributed by atoms with Gasteiger partial charge in [0, 0.05) is 17.9 Å². The monoisotopic (exact) mass is 218 g/mol. The van der Waals surface area contributed by atoms with Crippen molar-refractivity contribution in [1.29, 1.82) is 0 Å². The zero-order valence-corrected chi connectivity index (χ0v) is 9.92. The van der Waals surface area contributed by atoms with Crippen molar-refractivity contribution in [1.82, 2.24) is 0 Å². The molecule has 0 bridgehead atoms. The smallest absolute Gasteiger partial charge is 0.138 e. The first-order valence-electron chi connectivity index (χ1n) is 5.93. The second-order valence-corrected chi connectivity index (χ2v) is 4.29. The van der Waals surface area contributed by atoms with Gasteiger partial charge in [0.1, 0.15) is 17.1 Å². The maximum Gasteiger partial charge on any atom is 0.138 e. The minimum Gasteiger partial charge on any atom is -0.508 e. The third kappa shape index (κ3) is 2.06. The lowest BCUT2D eigenvalue weighted by Gasteiger charge is -1.96. The van der Waals surface area contributed by atoms with Crippen molar-refractivity contribution < 1.29 is 9.52 Å². The normalized spacial score (nSPS) is 11.1. The highest BCUT2D eigenvalue weighted by Crippen LogP contribution is 2.29. The molecule has 0 aliphatic carbocycles. The van der Waals surface area contributed by atoms with Gasteiger partial charge in [-0.1, -0.05) is 19.8 Å². The lowest BCUT2D eigenvalue weighted by Crippen LogP contribution is -1.84. The summed E-state index contributed by atoms with van der Waals surface area (Å²) in [5.41, 5.74) is 2.01. The number of aromatic hydroxyl groups is 1. The molecule has 0 radical (unpaired) electrons. The number of phenolic OH excluding ortho intramolecular Hbond substituents is 1. The molecule has 0 aliphatic rings. The maximum atomic E-state index is 9.38. The fourth-order valence-electron chi connectivity index (χ4n) is 2.04. The molecule has 0 atom stereocenters. The number of phenols is 1. The topological polar surface area (TPSA) is 33.4 Å². The van der Waals surface area contributed by atoms with Crippen molar-refractivity contribution >= 4 is 11.0 Å². The molecule has 0 fully saturated rings. The van der Waals surface area contributed by atoms with Crippen molar-refractivity contribution in [2.24, 2.45) is 0 Å². The summed E-state index contributed by atoms with van der Waals surface area (Å²) >= 11 is 0. The third-order valence-electron chi connectivity index (χ3n) is 3.03. The Labute approximate surface area is 95.9 Å². The van der Waals surface area contributed by atoms with Crippen LogP contribution in [0.3, 0.4) is 0 Å². The second kappa shape index (κ2) is 4.60. The standard InChI is InChI=1S/C14H18O2/c1-3-4-5-6-13-10(2)12-8-7-11(15)9-14(12)16-13/h7-9,15H,3-6H2,1-2H3. The average molecular weight is 218 g/mol. The molecule has 2 rings (SSSR count). The van der Waals surface area contributed by atoms with Crippen LogP contribution in [0.25, 0.3) is 11.0 Å². The van der Waals surface area contributed by atoms with Crippen molar-refractivity contribution in [3.05, 3.63) is 29.5 Å². The number of furan rings is 1. The van der Waals surface area contributed by atoms with Crippen LogP contribution in [0.5, 0.6) is 5.75 Å². The maximum absolute atomic E-state index is 9.38. The molecule has 0 saturated carbocycles.